The average Bonchev–Trinajstić information content (AvgIpc) is 3.18. The molecule has 0 aliphatic heterocycles. The van der Waals surface area contributed by atoms with Gasteiger partial charge in [0, 0.05) is 24.4 Å². The lowest BCUT2D eigenvalue weighted by atomic mass is 10.1. The summed E-state index contributed by atoms with van der Waals surface area (Å²) in [6.07, 6.45) is -1.83. The zero-order chi connectivity index (χ0) is 24.0. The van der Waals surface area contributed by atoms with Crippen molar-refractivity contribution in [1.29, 1.82) is 0 Å². The zero-order valence-electron chi connectivity index (χ0n) is 18.7. The Morgan fingerprint density at radius 2 is 2.03 bits per heavy atom. The molecule has 2 heterocycles. The van der Waals surface area contributed by atoms with Gasteiger partial charge < -0.3 is 10.6 Å². The molecule has 178 valence electrons. The highest BCUT2D eigenvalue weighted by Crippen LogP contribution is 2.29. The molecular weight excluding hydrogens is 453 g/mol. The summed E-state index contributed by atoms with van der Waals surface area (Å²) in [6, 6.07) is 4.35. The molecule has 2 N–H and O–H groups in total. The SMILES string of the molecule is CCCSc1nc(NCC(C)C)c2cnn(CCNC(=O)c3cccc(C(F)(F)F)c3)c2n1. The van der Waals surface area contributed by atoms with Gasteiger partial charge in [-0.25, -0.2) is 14.6 Å². The topological polar surface area (TPSA) is 84.7 Å². The summed E-state index contributed by atoms with van der Waals surface area (Å²) in [5.74, 6) is 1.45. The first-order valence-corrected chi connectivity index (χ1v) is 11.7. The first kappa shape index (κ1) is 24.8. The van der Waals surface area contributed by atoms with Crippen LogP contribution in [0, 0.1) is 5.92 Å². The number of amides is 1. The van der Waals surface area contributed by atoms with E-state index in [4.69, 9.17) is 0 Å². The molecule has 3 rings (SSSR count). The lowest BCUT2D eigenvalue weighted by molar-refractivity contribution is -0.137. The van der Waals surface area contributed by atoms with Crippen LogP contribution in [0.3, 0.4) is 0 Å². The lowest BCUT2D eigenvalue weighted by Gasteiger charge is -2.11. The van der Waals surface area contributed by atoms with Crippen molar-refractivity contribution >= 4 is 34.5 Å². The lowest BCUT2D eigenvalue weighted by Crippen LogP contribution is -2.27. The van der Waals surface area contributed by atoms with Crippen molar-refractivity contribution in [3.8, 4) is 0 Å². The van der Waals surface area contributed by atoms with Gasteiger partial charge in [-0.3, -0.25) is 4.79 Å². The van der Waals surface area contributed by atoms with Crippen LogP contribution in [0.5, 0.6) is 0 Å². The minimum absolute atomic E-state index is 0.0455. The fourth-order valence-corrected chi connectivity index (χ4v) is 3.70. The molecule has 0 bridgehead atoms. The van der Waals surface area contributed by atoms with Gasteiger partial charge in [0.1, 0.15) is 5.82 Å². The molecule has 0 saturated carbocycles. The van der Waals surface area contributed by atoms with Crippen LogP contribution in [0.1, 0.15) is 43.1 Å². The molecule has 0 aliphatic rings. The Morgan fingerprint density at radius 3 is 2.73 bits per heavy atom. The number of carbonyl (C=O) groups excluding carboxylic acids is 1. The normalized spacial score (nSPS) is 11.8. The van der Waals surface area contributed by atoms with Crippen molar-refractivity contribution in [2.24, 2.45) is 5.92 Å². The molecule has 11 heteroatoms. The number of benzene rings is 1. The third-order valence-electron chi connectivity index (χ3n) is 4.65. The minimum Gasteiger partial charge on any atom is -0.369 e. The first-order valence-electron chi connectivity index (χ1n) is 10.7. The summed E-state index contributed by atoms with van der Waals surface area (Å²) >= 11 is 1.56. The van der Waals surface area contributed by atoms with Gasteiger partial charge >= 0.3 is 6.18 Å². The van der Waals surface area contributed by atoms with E-state index in [-0.39, 0.29) is 12.1 Å². The predicted molar refractivity (Wildman–Crippen MR) is 123 cm³/mol. The molecular formula is C22H27F3N6OS. The molecule has 0 fully saturated rings. The van der Waals surface area contributed by atoms with Crippen LogP contribution in [0.2, 0.25) is 0 Å². The number of thioether (sulfide) groups is 1. The summed E-state index contributed by atoms with van der Waals surface area (Å²) < 4.78 is 40.4. The predicted octanol–water partition coefficient (Wildman–Crippen LogP) is 4.85. The van der Waals surface area contributed by atoms with Crippen LogP contribution < -0.4 is 10.6 Å². The maximum Gasteiger partial charge on any atom is 0.416 e. The van der Waals surface area contributed by atoms with Crippen molar-refractivity contribution in [2.45, 2.75) is 45.1 Å². The van der Waals surface area contributed by atoms with Gasteiger partial charge in [-0.15, -0.1) is 0 Å². The molecule has 1 amide bonds. The molecule has 7 nitrogen and oxygen atoms in total. The van der Waals surface area contributed by atoms with Gasteiger partial charge in [-0.05, 0) is 30.5 Å². The van der Waals surface area contributed by atoms with E-state index in [1.165, 1.54) is 12.1 Å². The second-order valence-corrected chi connectivity index (χ2v) is 8.98. The van der Waals surface area contributed by atoms with Crippen LogP contribution in [0.25, 0.3) is 11.0 Å². The monoisotopic (exact) mass is 480 g/mol. The molecule has 0 unspecified atom stereocenters. The molecule has 2 aromatic heterocycles. The molecule has 33 heavy (non-hydrogen) atoms. The largest absolute Gasteiger partial charge is 0.416 e. The third kappa shape index (κ3) is 6.59. The summed E-state index contributed by atoms with van der Waals surface area (Å²) in [7, 11) is 0. The van der Waals surface area contributed by atoms with E-state index in [1.807, 2.05) is 0 Å². The number of nitrogens with zero attached hydrogens (tertiary/aromatic N) is 4. The Bertz CT molecular complexity index is 1100. The van der Waals surface area contributed by atoms with Gasteiger partial charge in [0.2, 0.25) is 0 Å². The quantitative estimate of drug-likeness (QED) is 0.319. The number of aromatic nitrogens is 4. The van der Waals surface area contributed by atoms with Crippen LogP contribution in [-0.2, 0) is 12.7 Å². The Balaban J connectivity index is 1.73. The Morgan fingerprint density at radius 1 is 1.24 bits per heavy atom. The number of hydrogen-bond acceptors (Lipinski definition) is 6. The summed E-state index contributed by atoms with van der Waals surface area (Å²) in [5, 5.41) is 11.8. The Labute approximate surface area is 194 Å². The van der Waals surface area contributed by atoms with Gasteiger partial charge in [-0.1, -0.05) is 38.6 Å². The second-order valence-electron chi connectivity index (χ2n) is 7.92. The summed E-state index contributed by atoms with van der Waals surface area (Å²) in [6.45, 7) is 7.54. The number of rotatable bonds is 10. The van der Waals surface area contributed by atoms with Gasteiger partial charge in [0.25, 0.3) is 5.91 Å². The fourth-order valence-electron chi connectivity index (χ4n) is 3.01. The van der Waals surface area contributed by atoms with Crippen molar-refractivity contribution in [2.75, 3.05) is 24.2 Å². The van der Waals surface area contributed by atoms with Crippen molar-refractivity contribution < 1.29 is 18.0 Å². The molecule has 0 aliphatic carbocycles. The number of fused-ring (bicyclic) bond motifs is 1. The average molecular weight is 481 g/mol. The van der Waals surface area contributed by atoms with E-state index in [0.29, 0.717) is 29.1 Å². The number of anilines is 1. The molecule has 0 spiro atoms. The number of alkyl halides is 3. The minimum atomic E-state index is -4.50. The highest BCUT2D eigenvalue weighted by Gasteiger charge is 2.30. The van der Waals surface area contributed by atoms with Crippen LogP contribution >= 0.6 is 11.8 Å². The van der Waals surface area contributed by atoms with E-state index in [1.54, 1.807) is 22.6 Å². The molecule has 1 aromatic carbocycles. The highest BCUT2D eigenvalue weighted by atomic mass is 32.2. The Hall–Kier alpha value is -2.82. The smallest absolute Gasteiger partial charge is 0.369 e. The fraction of sp³-hybridized carbons (Fsp3) is 0.455. The van der Waals surface area contributed by atoms with Gasteiger partial charge in [-0.2, -0.15) is 18.3 Å². The second kappa shape index (κ2) is 10.9. The molecule has 0 radical (unpaired) electrons. The van der Waals surface area contributed by atoms with Gasteiger partial charge in [0.05, 0.1) is 23.7 Å². The van der Waals surface area contributed by atoms with E-state index < -0.39 is 17.6 Å². The maximum absolute atomic E-state index is 12.9. The highest BCUT2D eigenvalue weighted by molar-refractivity contribution is 7.99. The summed E-state index contributed by atoms with van der Waals surface area (Å²) in [5.41, 5.74) is -0.262. The number of hydrogen-bond donors (Lipinski definition) is 2. The van der Waals surface area contributed by atoms with Crippen LogP contribution in [0.4, 0.5) is 19.0 Å². The molecule has 3 aromatic rings. The first-order chi connectivity index (χ1) is 15.7. The van der Waals surface area contributed by atoms with Crippen molar-refractivity contribution in [3.05, 3.63) is 41.6 Å². The third-order valence-corrected chi connectivity index (χ3v) is 5.70. The number of nitrogens with one attached hydrogen (secondary N) is 2. The maximum atomic E-state index is 12.9. The van der Waals surface area contributed by atoms with E-state index >= 15 is 0 Å². The number of halogens is 3. The molecule has 0 atom stereocenters. The standard InChI is InChI=1S/C22H27F3N6OS/c1-4-10-33-21-29-18(27-12-14(2)3)17-13-28-31(19(17)30-21)9-8-26-20(32)15-6-5-7-16(11-15)22(23,24)25/h5-7,11,13-14H,4,8-10,12H2,1-3H3,(H,26,32)(H,27,29,30). The summed E-state index contributed by atoms with van der Waals surface area (Å²) in [4.78, 5) is 21.6. The van der Waals surface area contributed by atoms with Crippen molar-refractivity contribution in [1.82, 2.24) is 25.1 Å². The van der Waals surface area contributed by atoms with Gasteiger partial charge in [0.15, 0.2) is 10.8 Å². The zero-order valence-corrected chi connectivity index (χ0v) is 19.6. The van der Waals surface area contributed by atoms with E-state index in [2.05, 4.69) is 46.5 Å². The Kier molecular flexibility index (Phi) is 8.17. The van der Waals surface area contributed by atoms with E-state index in [0.717, 1.165) is 36.2 Å². The molecule has 0 saturated heterocycles. The van der Waals surface area contributed by atoms with Crippen LogP contribution in [-0.4, -0.2) is 44.5 Å². The van der Waals surface area contributed by atoms with Crippen LogP contribution in [0.15, 0.2) is 35.6 Å². The van der Waals surface area contributed by atoms with E-state index in [9.17, 15) is 18.0 Å². The number of carbonyl (C=O) groups is 1. The van der Waals surface area contributed by atoms with Crippen molar-refractivity contribution in [3.63, 3.8) is 0 Å².